The molecule has 0 unspecified atom stereocenters. The Hall–Kier alpha value is -0.900. The summed E-state index contributed by atoms with van der Waals surface area (Å²) < 4.78 is 1.97. The van der Waals surface area contributed by atoms with Gasteiger partial charge < -0.3 is 4.90 Å². The highest BCUT2D eigenvalue weighted by Crippen LogP contribution is 2.08. The summed E-state index contributed by atoms with van der Waals surface area (Å²) in [5, 5.41) is 8.20. The maximum atomic E-state index is 4.11. The average molecular weight is 208 g/mol. The van der Waals surface area contributed by atoms with Gasteiger partial charge in [-0.3, -0.25) is 4.68 Å². The van der Waals surface area contributed by atoms with E-state index < -0.39 is 0 Å². The van der Waals surface area contributed by atoms with Crippen molar-refractivity contribution < 1.29 is 0 Å². The fourth-order valence-corrected chi connectivity index (χ4v) is 2.04. The molecule has 0 spiro atoms. The maximum absolute atomic E-state index is 4.11. The fourth-order valence-electron chi connectivity index (χ4n) is 2.04. The highest BCUT2D eigenvalue weighted by Gasteiger charge is 2.09. The number of aromatic nitrogens is 3. The number of rotatable bonds is 4. The van der Waals surface area contributed by atoms with Gasteiger partial charge in [0.05, 0.1) is 12.2 Å². The van der Waals surface area contributed by atoms with Crippen LogP contribution < -0.4 is 0 Å². The van der Waals surface area contributed by atoms with Gasteiger partial charge in [-0.25, -0.2) is 0 Å². The topological polar surface area (TPSA) is 34.0 Å². The van der Waals surface area contributed by atoms with Crippen molar-refractivity contribution in [2.45, 2.75) is 39.2 Å². The van der Waals surface area contributed by atoms with Crippen molar-refractivity contribution in [3.8, 4) is 0 Å². The summed E-state index contributed by atoms with van der Waals surface area (Å²) >= 11 is 0. The molecule has 0 bridgehead atoms. The Morgan fingerprint density at radius 3 is 2.67 bits per heavy atom. The molecule has 0 atom stereocenters. The van der Waals surface area contributed by atoms with E-state index in [0.29, 0.717) is 0 Å². The van der Waals surface area contributed by atoms with Crippen LogP contribution in [0.15, 0.2) is 6.20 Å². The molecule has 1 aromatic rings. The molecule has 2 heterocycles. The molecular weight excluding hydrogens is 188 g/mol. The third-order valence-corrected chi connectivity index (χ3v) is 3.04. The Bertz CT molecular complexity index is 289. The van der Waals surface area contributed by atoms with Crippen molar-refractivity contribution in [2.24, 2.45) is 0 Å². The summed E-state index contributed by atoms with van der Waals surface area (Å²) in [6, 6.07) is 0. The Balaban J connectivity index is 1.76. The zero-order valence-electron chi connectivity index (χ0n) is 9.52. The van der Waals surface area contributed by atoms with Crippen LogP contribution in [0, 0.1) is 0 Å². The molecule has 0 aliphatic carbocycles. The van der Waals surface area contributed by atoms with Crippen LogP contribution in [0.2, 0.25) is 0 Å². The van der Waals surface area contributed by atoms with Gasteiger partial charge in [-0.2, -0.15) is 0 Å². The van der Waals surface area contributed by atoms with Crippen molar-refractivity contribution in [1.29, 1.82) is 0 Å². The van der Waals surface area contributed by atoms with Crippen molar-refractivity contribution in [3.63, 3.8) is 0 Å². The van der Waals surface area contributed by atoms with Crippen LogP contribution in [0.5, 0.6) is 0 Å². The number of piperidine rings is 1. The van der Waals surface area contributed by atoms with Gasteiger partial charge in [0, 0.05) is 12.7 Å². The smallest absolute Gasteiger partial charge is 0.0824 e. The maximum Gasteiger partial charge on any atom is 0.0824 e. The first kappa shape index (κ1) is 10.6. The predicted molar refractivity (Wildman–Crippen MR) is 59.7 cm³/mol. The molecule has 15 heavy (non-hydrogen) atoms. The van der Waals surface area contributed by atoms with Crippen molar-refractivity contribution in [1.82, 2.24) is 19.9 Å². The quantitative estimate of drug-likeness (QED) is 0.748. The van der Waals surface area contributed by atoms with E-state index in [1.54, 1.807) is 0 Å². The molecule has 4 heteroatoms. The molecule has 0 radical (unpaired) electrons. The Labute approximate surface area is 91.3 Å². The van der Waals surface area contributed by atoms with Gasteiger partial charge in [-0.15, -0.1) is 5.10 Å². The minimum absolute atomic E-state index is 0.976. The highest BCUT2D eigenvalue weighted by atomic mass is 15.4. The van der Waals surface area contributed by atoms with E-state index in [0.717, 1.165) is 25.2 Å². The fraction of sp³-hybridized carbons (Fsp3) is 0.818. The molecule has 0 N–H and O–H groups in total. The second kappa shape index (κ2) is 5.26. The second-order valence-electron chi connectivity index (χ2n) is 4.23. The first-order valence-electron chi connectivity index (χ1n) is 6.00. The van der Waals surface area contributed by atoms with Crippen LogP contribution >= 0.6 is 0 Å². The van der Waals surface area contributed by atoms with Crippen LogP contribution in [-0.4, -0.2) is 39.5 Å². The van der Waals surface area contributed by atoms with Crippen molar-refractivity contribution >= 4 is 0 Å². The third-order valence-electron chi connectivity index (χ3n) is 3.04. The SMILES string of the molecule is CCc1cn(CCN2CCCCC2)nn1. The molecule has 0 aromatic carbocycles. The van der Waals surface area contributed by atoms with Crippen molar-refractivity contribution in [2.75, 3.05) is 19.6 Å². The van der Waals surface area contributed by atoms with Gasteiger partial charge in [0.1, 0.15) is 0 Å². The molecule has 84 valence electrons. The van der Waals surface area contributed by atoms with Crippen LogP contribution in [0.4, 0.5) is 0 Å². The molecule has 1 aliphatic rings. The summed E-state index contributed by atoms with van der Waals surface area (Å²) in [4.78, 5) is 2.52. The Morgan fingerprint density at radius 1 is 1.20 bits per heavy atom. The number of hydrogen-bond donors (Lipinski definition) is 0. The molecule has 1 fully saturated rings. The molecule has 1 aliphatic heterocycles. The van der Waals surface area contributed by atoms with Gasteiger partial charge in [-0.05, 0) is 32.4 Å². The first-order valence-corrected chi connectivity index (χ1v) is 6.00. The van der Waals surface area contributed by atoms with E-state index in [1.807, 2.05) is 4.68 Å². The van der Waals surface area contributed by atoms with Crippen LogP contribution in [-0.2, 0) is 13.0 Å². The van der Waals surface area contributed by atoms with Gasteiger partial charge in [0.15, 0.2) is 0 Å². The van der Waals surface area contributed by atoms with Crippen LogP contribution in [0.25, 0.3) is 0 Å². The molecule has 4 nitrogen and oxygen atoms in total. The lowest BCUT2D eigenvalue weighted by Crippen LogP contribution is -2.32. The third kappa shape index (κ3) is 3.02. The number of aryl methyl sites for hydroxylation is 1. The van der Waals surface area contributed by atoms with E-state index in [1.165, 1.54) is 32.4 Å². The summed E-state index contributed by atoms with van der Waals surface area (Å²) in [5.74, 6) is 0. The standard InChI is InChI=1S/C11H20N4/c1-2-11-10-15(13-12-11)9-8-14-6-4-3-5-7-14/h10H,2-9H2,1H3. The van der Waals surface area contributed by atoms with E-state index in [9.17, 15) is 0 Å². The lowest BCUT2D eigenvalue weighted by Gasteiger charge is -2.25. The highest BCUT2D eigenvalue weighted by molar-refractivity contribution is 4.90. The summed E-state index contributed by atoms with van der Waals surface area (Å²) in [6.07, 6.45) is 7.16. The first-order chi connectivity index (χ1) is 7.38. The summed E-state index contributed by atoms with van der Waals surface area (Å²) in [5.41, 5.74) is 1.09. The van der Waals surface area contributed by atoms with Gasteiger partial charge in [0.2, 0.25) is 0 Å². The van der Waals surface area contributed by atoms with E-state index in [4.69, 9.17) is 0 Å². The Morgan fingerprint density at radius 2 is 2.00 bits per heavy atom. The monoisotopic (exact) mass is 208 g/mol. The van der Waals surface area contributed by atoms with E-state index >= 15 is 0 Å². The summed E-state index contributed by atoms with van der Waals surface area (Å²) in [7, 11) is 0. The largest absolute Gasteiger partial charge is 0.301 e. The Kier molecular flexibility index (Phi) is 3.72. The molecule has 0 saturated carbocycles. The zero-order valence-corrected chi connectivity index (χ0v) is 9.52. The van der Waals surface area contributed by atoms with Gasteiger partial charge >= 0.3 is 0 Å². The number of hydrogen-bond acceptors (Lipinski definition) is 3. The number of likely N-dealkylation sites (tertiary alicyclic amines) is 1. The molecule has 1 aromatic heterocycles. The molecule has 0 amide bonds. The minimum Gasteiger partial charge on any atom is -0.301 e. The molecule has 2 rings (SSSR count). The van der Waals surface area contributed by atoms with E-state index in [2.05, 4.69) is 28.3 Å². The molecular formula is C11H20N4. The molecule has 1 saturated heterocycles. The lowest BCUT2D eigenvalue weighted by atomic mass is 10.1. The second-order valence-corrected chi connectivity index (χ2v) is 4.23. The number of nitrogens with zero attached hydrogens (tertiary/aromatic N) is 4. The van der Waals surface area contributed by atoms with Crippen LogP contribution in [0.1, 0.15) is 31.9 Å². The van der Waals surface area contributed by atoms with Gasteiger partial charge in [-0.1, -0.05) is 18.6 Å². The van der Waals surface area contributed by atoms with Gasteiger partial charge in [0.25, 0.3) is 0 Å². The lowest BCUT2D eigenvalue weighted by molar-refractivity contribution is 0.217. The normalized spacial score (nSPS) is 18.2. The van der Waals surface area contributed by atoms with Crippen molar-refractivity contribution in [3.05, 3.63) is 11.9 Å². The summed E-state index contributed by atoms with van der Waals surface area (Å²) in [6.45, 7) is 6.73. The minimum atomic E-state index is 0.976. The predicted octanol–water partition coefficient (Wildman–Crippen LogP) is 1.33. The van der Waals surface area contributed by atoms with Crippen LogP contribution in [0.3, 0.4) is 0 Å². The van der Waals surface area contributed by atoms with E-state index in [-0.39, 0.29) is 0 Å². The zero-order chi connectivity index (χ0) is 10.5. The average Bonchev–Trinajstić information content (AvgIpc) is 2.76.